The summed E-state index contributed by atoms with van der Waals surface area (Å²) < 4.78 is 12.5. The molecule has 0 unspecified atom stereocenters. The fourth-order valence-corrected chi connectivity index (χ4v) is 2.29. The predicted octanol–water partition coefficient (Wildman–Crippen LogP) is 1.90. The highest BCUT2D eigenvalue weighted by atomic mass is 16.5. The molecule has 2 rings (SSSR count). The summed E-state index contributed by atoms with van der Waals surface area (Å²) in [5, 5.41) is 3.51. The Morgan fingerprint density at radius 3 is 2.94 bits per heavy atom. The van der Waals surface area contributed by atoms with Gasteiger partial charge in [-0.05, 0) is 12.8 Å². The number of ether oxygens (including phenoxy) is 2. The van der Waals surface area contributed by atoms with E-state index in [-0.39, 0.29) is 0 Å². The van der Waals surface area contributed by atoms with Crippen LogP contribution in [0.15, 0.2) is 12.4 Å². The molecule has 5 heteroatoms. The lowest BCUT2D eigenvalue weighted by Crippen LogP contribution is -2.19. The number of nitrogens with one attached hydrogen (secondary N) is 1. The van der Waals surface area contributed by atoms with Crippen molar-refractivity contribution < 1.29 is 9.47 Å². The van der Waals surface area contributed by atoms with E-state index in [0.29, 0.717) is 25.9 Å². The lowest BCUT2D eigenvalue weighted by molar-refractivity contribution is 0.0668. The molecule has 1 aliphatic rings. The first kappa shape index (κ1) is 13.4. The number of methoxy groups -OCH3 is 1. The highest BCUT2D eigenvalue weighted by Crippen LogP contribution is 2.21. The summed E-state index contributed by atoms with van der Waals surface area (Å²) in [5.41, 5.74) is 0. The number of hydrogen-bond acceptors (Lipinski definition) is 4. The van der Waals surface area contributed by atoms with Crippen molar-refractivity contribution in [3.8, 4) is 0 Å². The summed E-state index contributed by atoms with van der Waals surface area (Å²) in [6.45, 7) is 2.82. The minimum Gasteiger partial charge on any atom is -0.382 e. The van der Waals surface area contributed by atoms with Crippen molar-refractivity contribution in [2.24, 2.45) is 0 Å². The van der Waals surface area contributed by atoms with Gasteiger partial charge in [0.15, 0.2) is 0 Å². The van der Waals surface area contributed by atoms with Crippen molar-refractivity contribution in [1.29, 1.82) is 0 Å². The topological polar surface area (TPSA) is 48.3 Å². The SMILES string of the molecule is COCCOCCn1ccnc1NC1CCCC1. The maximum absolute atomic E-state index is 5.47. The molecular weight excluding hydrogens is 230 g/mol. The van der Waals surface area contributed by atoms with Gasteiger partial charge in [0.2, 0.25) is 5.95 Å². The first-order chi connectivity index (χ1) is 8.90. The Morgan fingerprint density at radius 1 is 1.33 bits per heavy atom. The number of rotatable bonds is 8. The van der Waals surface area contributed by atoms with Gasteiger partial charge in [-0.1, -0.05) is 12.8 Å². The normalized spacial score (nSPS) is 16.3. The number of nitrogens with zero attached hydrogens (tertiary/aromatic N) is 2. The fraction of sp³-hybridized carbons (Fsp3) is 0.769. The van der Waals surface area contributed by atoms with Gasteiger partial charge in [0.05, 0.1) is 19.8 Å². The summed E-state index contributed by atoms with van der Waals surface area (Å²) in [5.74, 6) is 0.970. The van der Waals surface area contributed by atoms with Crippen LogP contribution in [0.4, 0.5) is 5.95 Å². The Balaban J connectivity index is 1.72. The minimum atomic E-state index is 0.598. The molecule has 0 bridgehead atoms. The molecule has 102 valence electrons. The zero-order chi connectivity index (χ0) is 12.6. The molecule has 1 heterocycles. The predicted molar refractivity (Wildman–Crippen MR) is 70.8 cm³/mol. The molecule has 18 heavy (non-hydrogen) atoms. The maximum Gasteiger partial charge on any atom is 0.203 e. The van der Waals surface area contributed by atoms with Crippen LogP contribution in [0, 0.1) is 0 Å². The van der Waals surface area contributed by atoms with Gasteiger partial charge in [-0.3, -0.25) is 0 Å². The first-order valence-electron chi connectivity index (χ1n) is 6.74. The number of aromatic nitrogens is 2. The van der Waals surface area contributed by atoms with Crippen molar-refractivity contribution in [2.45, 2.75) is 38.3 Å². The second-order valence-corrected chi connectivity index (χ2v) is 4.68. The zero-order valence-electron chi connectivity index (χ0n) is 11.1. The largest absolute Gasteiger partial charge is 0.382 e. The Morgan fingerprint density at radius 2 is 2.17 bits per heavy atom. The molecule has 1 aromatic rings. The minimum absolute atomic E-state index is 0.598. The van der Waals surface area contributed by atoms with Gasteiger partial charge in [0, 0.05) is 32.1 Å². The molecule has 0 aromatic carbocycles. The van der Waals surface area contributed by atoms with E-state index in [4.69, 9.17) is 9.47 Å². The second-order valence-electron chi connectivity index (χ2n) is 4.68. The highest BCUT2D eigenvalue weighted by Gasteiger charge is 2.16. The quantitative estimate of drug-likeness (QED) is 0.719. The van der Waals surface area contributed by atoms with Crippen molar-refractivity contribution in [2.75, 3.05) is 32.2 Å². The molecule has 0 saturated heterocycles. The third-order valence-corrected chi connectivity index (χ3v) is 3.31. The van der Waals surface area contributed by atoms with E-state index in [0.717, 1.165) is 12.5 Å². The molecule has 1 saturated carbocycles. The van der Waals surface area contributed by atoms with Gasteiger partial charge in [0.1, 0.15) is 0 Å². The van der Waals surface area contributed by atoms with Gasteiger partial charge < -0.3 is 19.4 Å². The van der Waals surface area contributed by atoms with E-state index in [1.807, 2.05) is 12.4 Å². The van der Waals surface area contributed by atoms with Crippen LogP contribution in [0.25, 0.3) is 0 Å². The van der Waals surface area contributed by atoms with Gasteiger partial charge in [0.25, 0.3) is 0 Å². The molecule has 1 aliphatic carbocycles. The molecule has 0 atom stereocenters. The van der Waals surface area contributed by atoms with Gasteiger partial charge >= 0.3 is 0 Å². The third-order valence-electron chi connectivity index (χ3n) is 3.31. The Hall–Kier alpha value is -1.07. The molecular formula is C13H23N3O2. The van der Waals surface area contributed by atoms with Crippen LogP contribution in [-0.4, -0.2) is 42.5 Å². The van der Waals surface area contributed by atoms with Crippen molar-refractivity contribution >= 4 is 5.95 Å². The van der Waals surface area contributed by atoms with Crippen LogP contribution >= 0.6 is 0 Å². The van der Waals surface area contributed by atoms with E-state index in [1.54, 1.807) is 7.11 Å². The van der Waals surface area contributed by atoms with Crippen LogP contribution in [0.2, 0.25) is 0 Å². The number of anilines is 1. The average molecular weight is 253 g/mol. The van der Waals surface area contributed by atoms with Gasteiger partial charge in [-0.15, -0.1) is 0 Å². The summed E-state index contributed by atoms with van der Waals surface area (Å²) in [4.78, 5) is 4.37. The van der Waals surface area contributed by atoms with E-state index >= 15 is 0 Å². The number of hydrogen-bond donors (Lipinski definition) is 1. The highest BCUT2D eigenvalue weighted by molar-refractivity contribution is 5.27. The van der Waals surface area contributed by atoms with Crippen molar-refractivity contribution in [1.82, 2.24) is 9.55 Å². The van der Waals surface area contributed by atoms with Gasteiger partial charge in [-0.25, -0.2) is 4.98 Å². The van der Waals surface area contributed by atoms with Gasteiger partial charge in [-0.2, -0.15) is 0 Å². The molecule has 0 spiro atoms. The third kappa shape index (κ3) is 3.99. The lowest BCUT2D eigenvalue weighted by Gasteiger charge is -2.14. The number of imidazole rings is 1. The van der Waals surface area contributed by atoms with Crippen LogP contribution in [0.1, 0.15) is 25.7 Å². The van der Waals surface area contributed by atoms with Crippen molar-refractivity contribution in [3.05, 3.63) is 12.4 Å². The second kappa shape index (κ2) is 7.38. The Labute approximate surface area is 108 Å². The van der Waals surface area contributed by atoms with Crippen molar-refractivity contribution in [3.63, 3.8) is 0 Å². The molecule has 0 amide bonds. The molecule has 1 aromatic heterocycles. The summed E-state index contributed by atoms with van der Waals surface area (Å²) in [6.07, 6.45) is 9.02. The lowest BCUT2D eigenvalue weighted by atomic mass is 10.2. The average Bonchev–Trinajstić information content (AvgIpc) is 3.02. The van der Waals surface area contributed by atoms with E-state index in [9.17, 15) is 0 Å². The smallest absolute Gasteiger partial charge is 0.203 e. The van der Waals surface area contributed by atoms with E-state index < -0.39 is 0 Å². The van der Waals surface area contributed by atoms with E-state index in [1.165, 1.54) is 25.7 Å². The fourth-order valence-electron chi connectivity index (χ4n) is 2.29. The Kier molecular flexibility index (Phi) is 5.48. The molecule has 1 N–H and O–H groups in total. The standard InChI is InChI=1S/C13H23N3O2/c1-17-10-11-18-9-8-16-7-6-14-13(16)15-12-4-2-3-5-12/h6-7,12H,2-5,8-11H2,1H3,(H,14,15). The maximum atomic E-state index is 5.47. The van der Waals surface area contributed by atoms with E-state index in [2.05, 4.69) is 14.9 Å². The molecule has 1 fully saturated rings. The van der Waals surface area contributed by atoms with Crippen LogP contribution in [-0.2, 0) is 16.0 Å². The summed E-state index contributed by atoms with van der Waals surface area (Å²) in [6, 6.07) is 0.598. The summed E-state index contributed by atoms with van der Waals surface area (Å²) >= 11 is 0. The first-order valence-corrected chi connectivity index (χ1v) is 6.74. The molecule has 0 aliphatic heterocycles. The monoisotopic (exact) mass is 253 g/mol. The zero-order valence-corrected chi connectivity index (χ0v) is 11.1. The molecule has 5 nitrogen and oxygen atoms in total. The van der Waals surface area contributed by atoms with Crippen LogP contribution in [0.5, 0.6) is 0 Å². The summed E-state index contributed by atoms with van der Waals surface area (Å²) in [7, 11) is 1.68. The Bertz CT molecular complexity index is 335. The van der Waals surface area contributed by atoms with Crippen LogP contribution < -0.4 is 5.32 Å². The molecule has 0 radical (unpaired) electrons. The van der Waals surface area contributed by atoms with Crippen LogP contribution in [0.3, 0.4) is 0 Å².